The molecule has 1 unspecified atom stereocenters. The molecule has 1 fully saturated rings. The van der Waals surface area contributed by atoms with E-state index in [4.69, 9.17) is 5.26 Å². The van der Waals surface area contributed by atoms with Crippen LogP contribution in [-0.4, -0.2) is 48.4 Å². The third kappa shape index (κ3) is 2.33. The Hall–Kier alpha value is -1.34. The van der Waals surface area contributed by atoms with E-state index in [0.717, 1.165) is 13.1 Å². The molecule has 1 rings (SSSR count). The number of amides is 1. The first-order valence-corrected chi connectivity index (χ1v) is 4.67. The van der Waals surface area contributed by atoms with Crippen LogP contribution in [0.4, 0.5) is 0 Å². The summed E-state index contributed by atoms with van der Waals surface area (Å²) in [4.78, 5) is 15.2. The molecule has 1 aliphatic heterocycles. The first-order chi connectivity index (χ1) is 6.69. The summed E-state index contributed by atoms with van der Waals surface area (Å²) in [6.07, 6.45) is 1.80. The smallest absolute Gasteiger partial charge is 0.246 e. The van der Waals surface area contributed by atoms with Gasteiger partial charge in [-0.1, -0.05) is 6.58 Å². The molecule has 1 heterocycles. The summed E-state index contributed by atoms with van der Waals surface area (Å²) in [6.45, 7) is 5.64. The zero-order valence-electron chi connectivity index (χ0n) is 8.44. The van der Waals surface area contributed by atoms with Crippen LogP contribution < -0.4 is 0 Å². The van der Waals surface area contributed by atoms with E-state index in [2.05, 4.69) is 17.5 Å². The lowest BCUT2D eigenvalue weighted by Gasteiger charge is -2.38. The van der Waals surface area contributed by atoms with Gasteiger partial charge in [0.15, 0.2) is 0 Å². The maximum atomic E-state index is 11.3. The van der Waals surface area contributed by atoms with Gasteiger partial charge in [0.25, 0.3) is 0 Å². The SMILES string of the molecule is C=CC(=O)N1CCN(C)C(CC#N)C1. The molecule has 0 saturated carbocycles. The minimum atomic E-state index is -0.0407. The van der Waals surface area contributed by atoms with E-state index >= 15 is 0 Å². The second-order valence-electron chi connectivity index (χ2n) is 3.49. The zero-order valence-corrected chi connectivity index (χ0v) is 8.44. The topological polar surface area (TPSA) is 47.3 Å². The first-order valence-electron chi connectivity index (χ1n) is 4.67. The van der Waals surface area contributed by atoms with Gasteiger partial charge >= 0.3 is 0 Å². The Labute approximate surface area is 84.4 Å². The van der Waals surface area contributed by atoms with E-state index in [0.29, 0.717) is 13.0 Å². The fourth-order valence-corrected chi connectivity index (χ4v) is 1.60. The molecule has 0 aromatic rings. The predicted molar refractivity (Wildman–Crippen MR) is 53.4 cm³/mol. The van der Waals surface area contributed by atoms with E-state index in [1.807, 2.05) is 7.05 Å². The highest BCUT2D eigenvalue weighted by Gasteiger charge is 2.25. The van der Waals surface area contributed by atoms with Crippen LogP contribution in [0, 0.1) is 11.3 Å². The van der Waals surface area contributed by atoms with Crippen LogP contribution in [0.5, 0.6) is 0 Å². The fourth-order valence-electron chi connectivity index (χ4n) is 1.60. The third-order valence-corrected chi connectivity index (χ3v) is 2.59. The molecular weight excluding hydrogens is 178 g/mol. The standard InChI is InChI=1S/C10H15N3O/c1-3-10(14)13-7-6-12(2)9(8-13)4-5-11/h3,9H,1,4,6-8H2,2H3. The number of hydrogen-bond acceptors (Lipinski definition) is 3. The normalized spacial score (nSPS) is 22.9. The molecule has 14 heavy (non-hydrogen) atoms. The second-order valence-corrected chi connectivity index (χ2v) is 3.49. The monoisotopic (exact) mass is 193 g/mol. The third-order valence-electron chi connectivity index (χ3n) is 2.59. The lowest BCUT2D eigenvalue weighted by atomic mass is 10.1. The van der Waals surface area contributed by atoms with Crippen LogP contribution in [0.15, 0.2) is 12.7 Å². The van der Waals surface area contributed by atoms with Crippen LogP contribution in [0.3, 0.4) is 0 Å². The molecule has 0 N–H and O–H groups in total. The molecular formula is C10H15N3O. The van der Waals surface area contributed by atoms with Crippen LogP contribution in [0.2, 0.25) is 0 Å². The van der Waals surface area contributed by atoms with Crippen molar-refractivity contribution in [2.75, 3.05) is 26.7 Å². The molecule has 1 aliphatic rings. The Morgan fingerprint density at radius 3 is 3.00 bits per heavy atom. The summed E-state index contributed by atoms with van der Waals surface area (Å²) in [5.74, 6) is -0.0407. The molecule has 0 aliphatic carbocycles. The number of nitriles is 1. The quantitative estimate of drug-likeness (QED) is 0.590. The van der Waals surface area contributed by atoms with Gasteiger partial charge in [-0.2, -0.15) is 5.26 Å². The van der Waals surface area contributed by atoms with Crippen molar-refractivity contribution in [2.24, 2.45) is 0 Å². The molecule has 4 heteroatoms. The van der Waals surface area contributed by atoms with Gasteiger partial charge in [-0.3, -0.25) is 9.69 Å². The lowest BCUT2D eigenvalue weighted by molar-refractivity contribution is -0.128. The van der Waals surface area contributed by atoms with Gasteiger partial charge in [-0.25, -0.2) is 0 Å². The largest absolute Gasteiger partial charge is 0.336 e. The fraction of sp³-hybridized carbons (Fsp3) is 0.600. The average Bonchev–Trinajstić information content (AvgIpc) is 2.20. The highest BCUT2D eigenvalue weighted by molar-refractivity contribution is 5.87. The Bertz CT molecular complexity index is 269. The number of rotatable bonds is 2. The Kier molecular flexibility index (Phi) is 3.66. The van der Waals surface area contributed by atoms with Gasteiger partial charge in [0.05, 0.1) is 12.5 Å². The van der Waals surface area contributed by atoms with Crippen molar-refractivity contribution in [3.8, 4) is 6.07 Å². The summed E-state index contributed by atoms with van der Waals surface area (Å²) in [7, 11) is 1.98. The number of likely N-dealkylation sites (N-methyl/N-ethyl adjacent to an activating group) is 1. The first kappa shape index (κ1) is 10.7. The van der Waals surface area contributed by atoms with Crippen molar-refractivity contribution in [1.29, 1.82) is 5.26 Å². The van der Waals surface area contributed by atoms with Crippen molar-refractivity contribution < 1.29 is 4.79 Å². The molecule has 1 atom stereocenters. The van der Waals surface area contributed by atoms with Crippen LogP contribution in [0.25, 0.3) is 0 Å². The van der Waals surface area contributed by atoms with Crippen LogP contribution in [0.1, 0.15) is 6.42 Å². The van der Waals surface area contributed by atoms with E-state index in [-0.39, 0.29) is 11.9 Å². The maximum Gasteiger partial charge on any atom is 0.246 e. The highest BCUT2D eigenvalue weighted by Crippen LogP contribution is 2.10. The molecule has 0 aromatic carbocycles. The van der Waals surface area contributed by atoms with Crippen molar-refractivity contribution in [3.63, 3.8) is 0 Å². The van der Waals surface area contributed by atoms with Crippen molar-refractivity contribution >= 4 is 5.91 Å². The Morgan fingerprint density at radius 1 is 1.71 bits per heavy atom. The summed E-state index contributed by atoms with van der Waals surface area (Å²) < 4.78 is 0. The lowest BCUT2D eigenvalue weighted by Crippen LogP contribution is -2.52. The van der Waals surface area contributed by atoms with Crippen molar-refractivity contribution in [2.45, 2.75) is 12.5 Å². The Balaban J connectivity index is 2.57. The van der Waals surface area contributed by atoms with Gasteiger partial charge in [-0.15, -0.1) is 0 Å². The molecule has 0 radical (unpaired) electrons. The van der Waals surface area contributed by atoms with Gasteiger partial charge in [0, 0.05) is 25.7 Å². The van der Waals surface area contributed by atoms with E-state index < -0.39 is 0 Å². The van der Waals surface area contributed by atoms with Crippen LogP contribution >= 0.6 is 0 Å². The maximum absolute atomic E-state index is 11.3. The molecule has 1 saturated heterocycles. The van der Waals surface area contributed by atoms with Gasteiger partial charge in [0.2, 0.25) is 5.91 Å². The summed E-state index contributed by atoms with van der Waals surface area (Å²) in [6, 6.07) is 2.30. The van der Waals surface area contributed by atoms with Gasteiger partial charge in [0.1, 0.15) is 0 Å². The second kappa shape index (κ2) is 4.77. The molecule has 0 bridgehead atoms. The highest BCUT2D eigenvalue weighted by atomic mass is 16.2. The minimum absolute atomic E-state index is 0.0407. The van der Waals surface area contributed by atoms with Gasteiger partial charge < -0.3 is 4.90 Å². The number of nitrogens with zero attached hydrogens (tertiary/aromatic N) is 3. The zero-order chi connectivity index (χ0) is 10.6. The van der Waals surface area contributed by atoms with Gasteiger partial charge in [-0.05, 0) is 13.1 Å². The molecule has 0 spiro atoms. The molecule has 4 nitrogen and oxygen atoms in total. The van der Waals surface area contributed by atoms with E-state index in [1.165, 1.54) is 6.08 Å². The molecule has 1 amide bonds. The van der Waals surface area contributed by atoms with E-state index in [9.17, 15) is 4.79 Å². The summed E-state index contributed by atoms with van der Waals surface area (Å²) in [5.41, 5.74) is 0. The number of piperazine rings is 1. The minimum Gasteiger partial charge on any atom is -0.336 e. The summed E-state index contributed by atoms with van der Waals surface area (Å²) >= 11 is 0. The summed E-state index contributed by atoms with van der Waals surface area (Å²) in [5, 5.41) is 8.62. The molecule has 0 aromatic heterocycles. The average molecular weight is 193 g/mol. The molecule has 76 valence electrons. The number of hydrogen-bond donors (Lipinski definition) is 0. The van der Waals surface area contributed by atoms with Crippen molar-refractivity contribution in [1.82, 2.24) is 9.80 Å². The van der Waals surface area contributed by atoms with Crippen LogP contribution in [-0.2, 0) is 4.79 Å². The van der Waals surface area contributed by atoms with Crippen molar-refractivity contribution in [3.05, 3.63) is 12.7 Å². The Morgan fingerprint density at radius 2 is 2.43 bits per heavy atom. The number of carbonyl (C=O) groups excluding carboxylic acids is 1. The van der Waals surface area contributed by atoms with E-state index in [1.54, 1.807) is 4.90 Å². The predicted octanol–water partition coefficient (Wildman–Crippen LogP) is 0.229. The number of carbonyl (C=O) groups is 1.